The number of nitrogens with zero attached hydrogens (tertiary/aromatic N) is 3. The van der Waals surface area contributed by atoms with Crippen molar-refractivity contribution in [3.8, 4) is 17.0 Å². The Morgan fingerprint density at radius 3 is 1.96 bits per heavy atom. The average molecular weight is 664 g/mol. The maximum atomic E-state index is 12.1. The van der Waals surface area contributed by atoms with Crippen LogP contribution in [0.3, 0.4) is 0 Å². The number of hydrogen-bond acceptors (Lipinski definition) is 10. The highest BCUT2D eigenvalue weighted by molar-refractivity contribution is 7.86. The zero-order valence-corrected chi connectivity index (χ0v) is 27.8. The van der Waals surface area contributed by atoms with Crippen LogP contribution in [0.4, 0.5) is 0 Å². The molecule has 0 saturated heterocycles. The molecule has 3 heterocycles. The van der Waals surface area contributed by atoms with E-state index in [9.17, 15) is 8.42 Å². The Balaban J connectivity index is 0.886. The van der Waals surface area contributed by atoms with Gasteiger partial charge in [0.25, 0.3) is 10.1 Å². The molecule has 250 valence electrons. The molecule has 11 nitrogen and oxygen atoms in total. The van der Waals surface area contributed by atoms with Gasteiger partial charge in [0, 0.05) is 53.1 Å². The lowest BCUT2D eigenvalue weighted by molar-refractivity contribution is -0.00695. The van der Waals surface area contributed by atoms with E-state index in [0.29, 0.717) is 58.7 Å². The molecular weight excluding hydrogens is 622 g/mol. The molecule has 0 amide bonds. The van der Waals surface area contributed by atoms with Crippen LogP contribution in [0.2, 0.25) is 0 Å². The molecule has 5 aromatic rings. The highest BCUT2D eigenvalue weighted by Gasteiger charge is 2.14. The number of rotatable bonds is 19. The molecule has 5 rings (SSSR count). The standard InChI is InChI=1S/C35H41N3O8S/c1-26-4-7-30(8-5-26)47(39,40)46-21-19-44-17-15-42-13-12-41-14-16-43-18-20-45-35-27(2)22-29(24-37-35)28-6-9-31-32-25-36-11-10-33(32)38(3)34(31)23-28/h4-11,22-25H,12-21H2,1-3H3. The number of aryl methyl sites for hydroxylation is 3. The Morgan fingerprint density at radius 1 is 0.660 bits per heavy atom. The molecular formula is C35H41N3O8S. The van der Waals surface area contributed by atoms with Crippen LogP contribution < -0.4 is 4.74 Å². The van der Waals surface area contributed by atoms with Crippen molar-refractivity contribution in [1.29, 1.82) is 0 Å². The average Bonchev–Trinajstić information content (AvgIpc) is 3.36. The fourth-order valence-electron chi connectivity index (χ4n) is 5.04. The van der Waals surface area contributed by atoms with Crippen LogP contribution in [0, 0.1) is 13.8 Å². The van der Waals surface area contributed by atoms with Crippen LogP contribution in [0.25, 0.3) is 32.9 Å². The van der Waals surface area contributed by atoms with Gasteiger partial charge >= 0.3 is 0 Å². The van der Waals surface area contributed by atoms with Gasteiger partial charge < -0.3 is 28.3 Å². The smallest absolute Gasteiger partial charge is 0.297 e. The fourth-order valence-corrected chi connectivity index (χ4v) is 5.93. The molecule has 0 fully saturated rings. The van der Waals surface area contributed by atoms with Crippen molar-refractivity contribution in [2.75, 3.05) is 66.1 Å². The highest BCUT2D eigenvalue weighted by Crippen LogP contribution is 2.32. The molecule has 0 atom stereocenters. The Bertz CT molecular complexity index is 1860. The second-order valence-electron chi connectivity index (χ2n) is 10.9. The number of ether oxygens (including phenoxy) is 5. The summed E-state index contributed by atoms with van der Waals surface area (Å²) in [4.78, 5) is 8.97. The van der Waals surface area contributed by atoms with E-state index >= 15 is 0 Å². The van der Waals surface area contributed by atoms with Gasteiger partial charge in [-0.15, -0.1) is 0 Å². The van der Waals surface area contributed by atoms with Crippen molar-refractivity contribution >= 4 is 31.9 Å². The lowest BCUT2D eigenvalue weighted by atomic mass is 10.0. The van der Waals surface area contributed by atoms with E-state index in [2.05, 4.69) is 45.8 Å². The molecule has 0 aliphatic heterocycles. The number of aromatic nitrogens is 3. The van der Waals surface area contributed by atoms with E-state index < -0.39 is 10.1 Å². The van der Waals surface area contributed by atoms with Gasteiger partial charge in [-0.1, -0.05) is 29.8 Å². The van der Waals surface area contributed by atoms with Crippen LogP contribution in [-0.4, -0.2) is 89.0 Å². The lowest BCUT2D eigenvalue weighted by Gasteiger charge is -2.11. The summed E-state index contributed by atoms with van der Waals surface area (Å²) in [7, 11) is -1.71. The summed E-state index contributed by atoms with van der Waals surface area (Å²) in [6.45, 7) is 7.19. The first-order chi connectivity index (χ1) is 22.8. The van der Waals surface area contributed by atoms with E-state index in [1.165, 1.54) is 17.5 Å². The molecule has 0 radical (unpaired) electrons. The van der Waals surface area contributed by atoms with Gasteiger partial charge in [-0.05, 0) is 49.7 Å². The highest BCUT2D eigenvalue weighted by atomic mass is 32.2. The maximum Gasteiger partial charge on any atom is 0.297 e. The molecule has 0 saturated carbocycles. The molecule has 0 aliphatic rings. The largest absolute Gasteiger partial charge is 0.475 e. The second-order valence-corrected chi connectivity index (χ2v) is 12.5. The van der Waals surface area contributed by atoms with Gasteiger partial charge in [-0.3, -0.25) is 9.17 Å². The first-order valence-corrected chi connectivity index (χ1v) is 16.9. The van der Waals surface area contributed by atoms with Gasteiger partial charge in [0.1, 0.15) is 6.61 Å². The van der Waals surface area contributed by atoms with Crippen molar-refractivity contribution in [3.63, 3.8) is 0 Å². The predicted octanol–water partition coefficient (Wildman–Crippen LogP) is 5.26. The Kier molecular flexibility index (Phi) is 12.3. The quantitative estimate of drug-likeness (QED) is 0.0855. The van der Waals surface area contributed by atoms with Crippen molar-refractivity contribution in [1.82, 2.24) is 14.5 Å². The minimum Gasteiger partial charge on any atom is -0.475 e. The van der Waals surface area contributed by atoms with Crippen molar-refractivity contribution in [2.24, 2.45) is 7.05 Å². The summed E-state index contributed by atoms with van der Waals surface area (Å²) < 4.78 is 59.2. The van der Waals surface area contributed by atoms with Crippen molar-refractivity contribution in [2.45, 2.75) is 18.7 Å². The number of fused-ring (bicyclic) bond motifs is 3. The SMILES string of the molecule is Cc1ccc(S(=O)(=O)OCCOCCOCCOCCOCCOc2ncc(-c3ccc4c5cnccc5n(C)c4c3)cc2C)cc1. The summed E-state index contributed by atoms with van der Waals surface area (Å²) in [6.07, 6.45) is 5.57. The maximum absolute atomic E-state index is 12.1. The summed E-state index contributed by atoms with van der Waals surface area (Å²) in [6, 6.07) is 17.1. The zero-order chi connectivity index (χ0) is 33.1. The fraction of sp³-hybridized carbons (Fsp3) is 0.371. The van der Waals surface area contributed by atoms with E-state index in [-0.39, 0.29) is 18.1 Å². The molecule has 0 bridgehead atoms. The van der Waals surface area contributed by atoms with E-state index in [1.54, 1.807) is 12.1 Å². The predicted molar refractivity (Wildman–Crippen MR) is 179 cm³/mol. The van der Waals surface area contributed by atoms with E-state index in [0.717, 1.165) is 38.7 Å². The monoisotopic (exact) mass is 663 g/mol. The molecule has 0 spiro atoms. The van der Waals surface area contributed by atoms with Gasteiger partial charge in [-0.2, -0.15) is 8.42 Å². The zero-order valence-electron chi connectivity index (χ0n) is 27.0. The van der Waals surface area contributed by atoms with E-state index in [4.69, 9.17) is 27.9 Å². The first kappa shape index (κ1) is 34.4. The van der Waals surface area contributed by atoms with Gasteiger partial charge in [-0.25, -0.2) is 4.98 Å². The summed E-state index contributed by atoms with van der Waals surface area (Å²) in [5.41, 5.74) is 6.36. The molecule has 0 unspecified atom stereocenters. The molecule has 12 heteroatoms. The third-order valence-corrected chi connectivity index (χ3v) is 8.86. The Morgan fingerprint density at radius 2 is 1.30 bits per heavy atom. The molecule has 2 aromatic carbocycles. The minimum atomic E-state index is -3.78. The number of pyridine rings is 2. The van der Waals surface area contributed by atoms with Crippen LogP contribution >= 0.6 is 0 Å². The van der Waals surface area contributed by atoms with Gasteiger partial charge in [0.05, 0.1) is 69.9 Å². The van der Waals surface area contributed by atoms with Gasteiger partial charge in [0.2, 0.25) is 5.88 Å². The summed E-state index contributed by atoms with van der Waals surface area (Å²) in [5.74, 6) is 0.589. The van der Waals surface area contributed by atoms with Crippen LogP contribution in [0.15, 0.2) is 78.1 Å². The summed E-state index contributed by atoms with van der Waals surface area (Å²) >= 11 is 0. The minimum absolute atomic E-state index is 0.0602. The summed E-state index contributed by atoms with van der Waals surface area (Å²) in [5, 5.41) is 2.33. The molecule has 0 N–H and O–H groups in total. The number of benzene rings is 2. The first-order valence-electron chi connectivity index (χ1n) is 15.5. The second kappa shape index (κ2) is 16.8. The van der Waals surface area contributed by atoms with Gasteiger partial charge in [0.15, 0.2) is 0 Å². The lowest BCUT2D eigenvalue weighted by Crippen LogP contribution is -2.15. The normalized spacial score (nSPS) is 11.9. The van der Waals surface area contributed by atoms with Crippen LogP contribution in [-0.2, 0) is 40.3 Å². The van der Waals surface area contributed by atoms with Crippen molar-refractivity contribution < 1.29 is 36.3 Å². The van der Waals surface area contributed by atoms with Crippen molar-refractivity contribution in [3.05, 3.63) is 84.3 Å². The molecule has 47 heavy (non-hydrogen) atoms. The van der Waals surface area contributed by atoms with Crippen LogP contribution in [0.1, 0.15) is 11.1 Å². The van der Waals surface area contributed by atoms with E-state index in [1.807, 2.05) is 38.5 Å². The Labute approximate surface area is 275 Å². The third kappa shape index (κ3) is 9.34. The molecule has 0 aliphatic carbocycles. The molecule has 3 aromatic heterocycles. The van der Waals surface area contributed by atoms with Crippen LogP contribution in [0.5, 0.6) is 5.88 Å². The third-order valence-electron chi connectivity index (χ3n) is 7.53. The topological polar surface area (TPSA) is 120 Å². The Hall–Kier alpha value is -3.91. The number of hydrogen-bond donors (Lipinski definition) is 0.